The molecule has 2 aromatic carbocycles. The standard InChI is InChI=1S/C21H18N4O5/c1-21-18-15(16-11-14(30-2)7-8-17(16)22-18)9-10-23(21)20(27)24(19(21)26)12-3-5-13(6-4-12)25(28)29/h3-8,11,22H,9-10H2,1-2H3/t21-/m1/s1. The molecule has 1 N–H and O–H groups in total. The van der Waals surface area contributed by atoms with E-state index in [0.717, 1.165) is 27.1 Å². The van der Waals surface area contributed by atoms with Gasteiger partial charge >= 0.3 is 6.03 Å². The van der Waals surface area contributed by atoms with Crippen LogP contribution in [0.1, 0.15) is 18.2 Å². The molecule has 5 rings (SSSR count). The number of nitrogens with zero attached hydrogens (tertiary/aromatic N) is 3. The minimum Gasteiger partial charge on any atom is -0.497 e. The van der Waals surface area contributed by atoms with E-state index in [1.54, 1.807) is 18.9 Å². The molecule has 3 aromatic rings. The third-order valence-electron chi connectivity index (χ3n) is 6.09. The predicted octanol–water partition coefficient (Wildman–Crippen LogP) is 3.32. The van der Waals surface area contributed by atoms with Crippen LogP contribution in [0.25, 0.3) is 10.9 Å². The van der Waals surface area contributed by atoms with Gasteiger partial charge in [0.25, 0.3) is 11.6 Å². The minimum absolute atomic E-state index is 0.103. The summed E-state index contributed by atoms with van der Waals surface area (Å²) in [5.74, 6) is 0.332. The van der Waals surface area contributed by atoms with Crippen molar-refractivity contribution >= 4 is 34.2 Å². The molecule has 152 valence electrons. The number of methoxy groups -OCH3 is 1. The number of nitro groups is 1. The maximum Gasteiger partial charge on any atom is 0.332 e. The number of hydrogen-bond acceptors (Lipinski definition) is 5. The SMILES string of the molecule is COc1ccc2[nH]c3c(c2c1)CCN1C(=O)N(c2ccc([N+](=O)[O-])cc2)C(=O)[C@@]31C. The van der Waals surface area contributed by atoms with Crippen molar-refractivity contribution in [2.45, 2.75) is 18.9 Å². The molecule has 0 unspecified atom stereocenters. The Morgan fingerprint density at radius 1 is 1.17 bits per heavy atom. The maximum atomic E-state index is 13.5. The number of imide groups is 1. The number of fused-ring (bicyclic) bond motifs is 5. The zero-order valence-electron chi connectivity index (χ0n) is 16.3. The van der Waals surface area contributed by atoms with Gasteiger partial charge in [-0.25, -0.2) is 9.69 Å². The van der Waals surface area contributed by atoms with Crippen molar-refractivity contribution in [1.29, 1.82) is 0 Å². The topological polar surface area (TPSA) is 109 Å². The Morgan fingerprint density at radius 2 is 1.90 bits per heavy atom. The van der Waals surface area contributed by atoms with Crippen LogP contribution in [0, 0.1) is 10.1 Å². The molecule has 0 saturated carbocycles. The number of urea groups is 1. The quantitative estimate of drug-likeness (QED) is 0.408. The number of non-ortho nitro benzene ring substituents is 1. The van der Waals surface area contributed by atoms with Crippen LogP contribution in [-0.2, 0) is 16.8 Å². The number of carbonyl (C=O) groups excluding carboxylic acids is 2. The van der Waals surface area contributed by atoms with Crippen LogP contribution in [0.5, 0.6) is 5.75 Å². The van der Waals surface area contributed by atoms with Crippen molar-refractivity contribution in [3.05, 3.63) is 63.8 Å². The third-order valence-corrected chi connectivity index (χ3v) is 6.09. The molecule has 1 aromatic heterocycles. The first-order valence-corrected chi connectivity index (χ1v) is 9.46. The summed E-state index contributed by atoms with van der Waals surface area (Å²) >= 11 is 0. The van der Waals surface area contributed by atoms with Crippen LogP contribution in [0.4, 0.5) is 16.2 Å². The van der Waals surface area contributed by atoms with E-state index in [4.69, 9.17) is 4.74 Å². The Bertz CT molecular complexity index is 1230. The van der Waals surface area contributed by atoms with Gasteiger partial charge in [0, 0.05) is 29.6 Å². The molecule has 30 heavy (non-hydrogen) atoms. The number of hydrogen-bond donors (Lipinski definition) is 1. The number of aromatic amines is 1. The number of carbonyl (C=O) groups is 2. The molecule has 0 bridgehead atoms. The largest absolute Gasteiger partial charge is 0.497 e. The number of H-pyrrole nitrogens is 1. The van der Waals surface area contributed by atoms with E-state index in [1.165, 1.54) is 24.3 Å². The van der Waals surface area contributed by atoms with E-state index in [1.807, 2.05) is 18.2 Å². The molecule has 1 atom stereocenters. The van der Waals surface area contributed by atoms with Crippen molar-refractivity contribution in [3.63, 3.8) is 0 Å². The van der Waals surface area contributed by atoms with Gasteiger partial charge in [-0.3, -0.25) is 14.9 Å². The fraction of sp³-hybridized carbons (Fsp3) is 0.238. The third kappa shape index (κ3) is 2.23. The monoisotopic (exact) mass is 406 g/mol. The molecule has 2 aliphatic heterocycles. The van der Waals surface area contributed by atoms with Gasteiger partial charge in [-0.15, -0.1) is 0 Å². The molecular formula is C21H18N4O5. The number of nitro benzene ring substituents is 1. The van der Waals surface area contributed by atoms with Crippen molar-refractivity contribution in [1.82, 2.24) is 9.88 Å². The first kappa shape index (κ1) is 18.2. The lowest BCUT2D eigenvalue weighted by atomic mass is 9.87. The highest BCUT2D eigenvalue weighted by Gasteiger charge is 2.59. The van der Waals surface area contributed by atoms with E-state index >= 15 is 0 Å². The van der Waals surface area contributed by atoms with E-state index in [2.05, 4.69) is 4.98 Å². The van der Waals surface area contributed by atoms with Crippen LogP contribution in [0.15, 0.2) is 42.5 Å². The van der Waals surface area contributed by atoms with Crippen molar-refractivity contribution in [2.24, 2.45) is 0 Å². The highest BCUT2D eigenvalue weighted by Crippen LogP contribution is 2.45. The summed E-state index contributed by atoms with van der Waals surface area (Å²) in [6, 6.07) is 10.7. The first-order valence-electron chi connectivity index (χ1n) is 9.46. The van der Waals surface area contributed by atoms with Crippen LogP contribution in [0.2, 0.25) is 0 Å². The van der Waals surface area contributed by atoms with Gasteiger partial charge in [0.2, 0.25) is 0 Å². The second kappa shape index (κ2) is 6.06. The Balaban J connectivity index is 1.62. The average Bonchev–Trinajstić information content (AvgIpc) is 3.21. The second-order valence-electron chi connectivity index (χ2n) is 7.56. The lowest BCUT2D eigenvalue weighted by Crippen LogP contribution is -2.49. The lowest BCUT2D eigenvalue weighted by Gasteiger charge is -2.35. The Labute approximate surface area is 171 Å². The molecule has 1 saturated heterocycles. The minimum atomic E-state index is -1.18. The molecule has 0 spiro atoms. The number of nitrogens with one attached hydrogen (secondary N) is 1. The summed E-state index contributed by atoms with van der Waals surface area (Å²) in [4.78, 5) is 43.1. The van der Waals surface area contributed by atoms with Gasteiger partial charge in [0.15, 0.2) is 5.54 Å². The molecule has 9 heteroatoms. The van der Waals surface area contributed by atoms with Crippen LogP contribution < -0.4 is 9.64 Å². The molecule has 9 nitrogen and oxygen atoms in total. The molecule has 3 heterocycles. The molecule has 0 aliphatic carbocycles. The molecule has 1 fully saturated rings. The smallest absolute Gasteiger partial charge is 0.332 e. The number of anilines is 1. The number of rotatable bonds is 3. The van der Waals surface area contributed by atoms with E-state index < -0.39 is 16.5 Å². The molecule has 3 amide bonds. The van der Waals surface area contributed by atoms with Crippen LogP contribution in [0.3, 0.4) is 0 Å². The van der Waals surface area contributed by atoms with Crippen molar-refractivity contribution < 1.29 is 19.2 Å². The fourth-order valence-corrected chi connectivity index (χ4v) is 4.50. The van der Waals surface area contributed by atoms with Gasteiger partial charge < -0.3 is 14.6 Å². The Morgan fingerprint density at radius 3 is 2.57 bits per heavy atom. The van der Waals surface area contributed by atoms with Gasteiger partial charge in [0.1, 0.15) is 5.75 Å². The number of benzene rings is 2. The summed E-state index contributed by atoms with van der Waals surface area (Å²) < 4.78 is 5.33. The highest BCUT2D eigenvalue weighted by atomic mass is 16.6. The number of ether oxygens (including phenoxy) is 1. The highest BCUT2D eigenvalue weighted by molar-refractivity contribution is 6.23. The Kier molecular flexibility index (Phi) is 3.67. The summed E-state index contributed by atoms with van der Waals surface area (Å²) in [5, 5.41) is 11.9. The molecule has 2 aliphatic rings. The summed E-state index contributed by atoms with van der Waals surface area (Å²) in [6.45, 7) is 2.13. The zero-order valence-corrected chi connectivity index (χ0v) is 16.3. The van der Waals surface area contributed by atoms with Crippen molar-refractivity contribution in [3.8, 4) is 5.75 Å². The van der Waals surface area contributed by atoms with Gasteiger partial charge in [0.05, 0.1) is 23.4 Å². The van der Waals surface area contributed by atoms with Crippen molar-refractivity contribution in [2.75, 3.05) is 18.6 Å². The summed E-state index contributed by atoms with van der Waals surface area (Å²) in [7, 11) is 1.60. The van der Waals surface area contributed by atoms with E-state index in [9.17, 15) is 19.7 Å². The van der Waals surface area contributed by atoms with Gasteiger partial charge in [-0.1, -0.05) is 0 Å². The number of aromatic nitrogens is 1. The van der Waals surface area contributed by atoms with Gasteiger partial charge in [-0.2, -0.15) is 0 Å². The maximum absolute atomic E-state index is 13.5. The summed E-state index contributed by atoms with van der Waals surface area (Å²) in [6.07, 6.45) is 0.602. The van der Waals surface area contributed by atoms with Crippen LogP contribution >= 0.6 is 0 Å². The van der Waals surface area contributed by atoms with Gasteiger partial charge in [-0.05, 0) is 49.2 Å². The van der Waals surface area contributed by atoms with E-state index in [0.29, 0.717) is 24.3 Å². The lowest BCUT2D eigenvalue weighted by molar-refractivity contribution is -0.384. The summed E-state index contributed by atoms with van der Waals surface area (Å²) in [5.41, 5.74) is 1.59. The first-order chi connectivity index (χ1) is 14.4. The number of amides is 3. The normalized spacial score (nSPS) is 20.5. The fourth-order valence-electron chi connectivity index (χ4n) is 4.50. The average molecular weight is 406 g/mol. The molecule has 0 radical (unpaired) electrons. The second-order valence-corrected chi connectivity index (χ2v) is 7.56. The van der Waals surface area contributed by atoms with Crippen LogP contribution in [-0.4, -0.2) is 40.4 Å². The Hall–Kier alpha value is -3.88. The molecular weight excluding hydrogens is 388 g/mol. The van der Waals surface area contributed by atoms with E-state index in [-0.39, 0.29) is 11.6 Å². The predicted molar refractivity (Wildman–Crippen MR) is 109 cm³/mol. The zero-order chi connectivity index (χ0) is 21.2.